The summed E-state index contributed by atoms with van der Waals surface area (Å²) in [5.74, 6) is -0.448. The van der Waals surface area contributed by atoms with Gasteiger partial charge in [0.2, 0.25) is 0 Å². The van der Waals surface area contributed by atoms with Crippen molar-refractivity contribution in [3.8, 4) is 0 Å². The van der Waals surface area contributed by atoms with Crippen LogP contribution in [-0.2, 0) is 13.0 Å². The number of carbonyl (C=O) groups is 1. The van der Waals surface area contributed by atoms with Gasteiger partial charge in [-0.3, -0.25) is 4.79 Å². The molecule has 0 atom stereocenters. The van der Waals surface area contributed by atoms with Crippen molar-refractivity contribution < 1.29 is 9.90 Å². The number of aliphatic hydroxyl groups is 1. The van der Waals surface area contributed by atoms with Crippen LogP contribution >= 0.6 is 0 Å². The fourth-order valence-electron chi connectivity index (χ4n) is 1.89. The first kappa shape index (κ1) is 13.0. The first-order valence-corrected chi connectivity index (χ1v) is 5.83. The Bertz CT molecular complexity index is 611. The standard InChI is InChI=1S/C14H15N3O2/c15-13-12(14(16)19)6-11(7-17-13)5-9-2-1-3-10(4-9)8-18/h1-4,6-7,18H,5,8H2,(H2,15,17)(H2,16,19). The molecule has 5 nitrogen and oxygen atoms in total. The van der Waals surface area contributed by atoms with Gasteiger partial charge in [0.15, 0.2) is 0 Å². The highest BCUT2D eigenvalue weighted by Crippen LogP contribution is 2.15. The summed E-state index contributed by atoms with van der Waals surface area (Å²) in [6.45, 7) is 0.000361. The number of anilines is 1. The average molecular weight is 257 g/mol. The van der Waals surface area contributed by atoms with Gasteiger partial charge in [0, 0.05) is 6.20 Å². The number of benzene rings is 1. The van der Waals surface area contributed by atoms with E-state index in [0.717, 1.165) is 16.7 Å². The van der Waals surface area contributed by atoms with Crippen molar-refractivity contribution in [3.63, 3.8) is 0 Å². The van der Waals surface area contributed by atoms with Gasteiger partial charge in [0.25, 0.3) is 5.91 Å². The fourth-order valence-corrected chi connectivity index (χ4v) is 1.89. The van der Waals surface area contributed by atoms with E-state index in [9.17, 15) is 4.79 Å². The van der Waals surface area contributed by atoms with Crippen molar-refractivity contribution in [3.05, 3.63) is 58.8 Å². The van der Waals surface area contributed by atoms with Gasteiger partial charge in [0.05, 0.1) is 12.2 Å². The topological polar surface area (TPSA) is 102 Å². The molecule has 0 fully saturated rings. The SMILES string of the molecule is NC(=O)c1cc(Cc2cccc(CO)c2)cnc1N. The number of nitrogen functional groups attached to an aromatic ring is 1. The number of amides is 1. The lowest BCUT2D eigenvalue weighted by Crippen LogP contribution is -2.15. The molecule has 2 aromatic rings. The highest BCUT2D eigenvalue weighted by molar-refractivity contribution is 5.97. The van der Waals surface area contributed by atoms with Crippen LogP contribution in [0, 0.1) is 0 Å². The van der Waals surface area contributed by atoms with Crippen LogP contribution in [-0.4, -0.2) is 16.0 Å². The third-order valence-electron chi connectivity index (χ3n) is 2.82. The Balaban J connectivity index is 2.28. The Labute approximate surface area is 110 Å². The minimum Gasteiger partial charge on any atom is -0.392 e. The number of carbonyl (C=O) groups excluding carboxylic acids is 1. The first-order valence-electron chi connectivity index (χ1n) is 5.83. The molecule has 1 amide bonds. The molecule has 0 aliphatic carbocycles. The predicted molar refractivity (Wildman–Crippen MR) is 72.3 cm³/mol. The minimum atomic E-state index is -0.587. The molecule has 0 saturated carbocycles. The van der Waals surface area contributed by atoms with E-state index in [-0.39, 0.29) is 18.0 Å². The van der Waals surface area contributed by atoms with Gasteiger partial charge in [-0.05, 0) is 29.2 Å². The Morgan fingerprint density at radius 3 is 2.63 bits per heavy atom. The van der Waals surface area contributed by atoms with Crippen molar-refractivity contribution in [2.24, 2.45) is 5.73 Å². The van der Waals surface area contributed by atoms with Crippen LogP contribution in [0.1, 0.15) is 27.0 Å². The van der Waals surface area contributed by atoms with Crippen molar-refractivity contribution in [1.29, 1.82) is 0 Å². The maximum atomic E-state index is 11.2. The van der Waals surface area contributed by atoms with Gasteiger partial charge in [0.1, 0.15) is 5.82 Å². The molecule has 0 unspecified atom stereocenters. The third kappa shape index (κ3) is 3.08. The molecular weight excluding hydrogens is 242 g/mol. The van der Waals surface area contributed by atoms with E-state index >= 15 is 0 Å². The summed E-state index contributed by atoms with van der Waals surface area (Å²) in [5, 5.41) is 9.09. The zero-order valence-electron chi connectivity index (χ0n) is 10.3. The molecule has 1 heterocycles. The minimum absolute atomic E-state index is 0.000361. The summed E-state index contributed by atoms with van der Waals surface area (Å²) in [6.07, 6.45) is 2.22. The lowest BCUT2D eigenvalue weighted by atomic mass is 10.0. The highest BCUT2D eigenvalue weighted by Gasteiger charge is 2.08. The number of aliphatic hydroxyl groups excluding tert-OH is 1. The van der Waals surface area contributed by atoms with Crippen LogP contribution in [0.5, 0.6) is 0 Å². The zero-order chi connectivity index (χ0) is 13.8. The van der Waals surface area contributed by atoms with Crippen molar-refractivity contribution >= 4 is 11.7 Å². The number of pyridine rings is 1. The molecule has 5 N–H and O–H groups in total. The van der Waals surface area contributed by atoms with Gasteiger partial charge >= 0.3 is 0 Å². The number of hydrogen-bond donors (Lipinski definition) is 3. The number of hydrogen-bond acceptors (Lipinski definition) is 4. The molecule has 0 spiro atoms. The zero-order valence-corrected chi connectivity index (χ0v) is 10.3. The highest BCUT2D eigenvalue weighted by atomic mass is 16.3. The fraction of sp³-hybridized carbons (Fsp3) is 0.143. The third-order valence-corrected chi connectivity index (χ3v) is 2.82. The van der Waals surface area contributed by atoms with Gasteiger partial charge in [-0.1, -0.05) is 24.3 Å². The lowest BCUT2D eigenvalue weighted by Gasteiger charge is -2.06. The summed E-state index contributed by atoms with van der Waals surface area (Å²) in [4.78, 5) is 15.2. The second-order valence-electron chi connectivity index (χ2n) is 4.30. The Kier molecular flexibility index (Phi) is 3.77. The Morgan fingerprint density at radius 1 is 1.21 bits per heavy atom. The van der Waals surface area contributed by atoms with Crippen molar-refractivity contribution in [2.75, 3.05) is 5.73 Å². The van der Waals surface area contributed by atoms with Crippen molar-refractivity contribution in [1.82, 2.24) is 4.98 Å². The van der Waals surface area contributed by atoms with Crippen LogP contribution in [0.25, 0.3) is 0 Å². The predicted octanol–water partition coefficient (Wildman–Crippen LogP) is 0.846. The summed E-state index contributed by atoms with van der Waals surface area (Å²) in [6, 6.07) is 9.22. The van der Waals surface area contributed by atoms with E-state index in [1.54, 1.807) is 12.3 Å². The van der Waals surface area contributed by atoms with E-state index in [0.29, 0.717) is 6.42 Å². The summed E-state index contributed by atoms with van der Waals surface area (Å²) < 4.78 is 0. The molecule has 0 bridgehead atoms. The number of aromatic nitrogens is 1. The van der Waals surface area contributed by atoms with E-state index in [1.165, 1.54) is 0 Å². The van der Waals surface area contributed by atoms with E-state index in [4.69, 9.17) is 16.6 Å². The van der Waals surface area contributed by atoms with Crippen molar-refractivity contribution in [2.45, 2.75) is 13.0 Å². The summed E-state index contributed by atoms with van der Waals surface area (Å²) >= 11 is 0. The molecule has 1 aromatic carbocycles. The molecule has 0 aliphatic heterocycles. The maximum Gasteiger partial charge on any atom is 0.252 e. The van der Waals surface area contributed by atoms with E-state index in [1.807, 2.05) is 24.3 Å². The van der Waals surface area contributed by atoms with Gasteiger partial charge < -0.3 is 16.6 Å². The monoisotopic (exact) mass is 257 g/mol. The van der Waals surface area contributed by atoms with Crippen LogP contribution in [0.2, 0.25) is 0 Å². The normalized spacial score (nSPS) is 10.4. The average Bonchev–Trinajstić information content (AvgIpc) is 2.41. The maximum absolute atomic E-state index is 11.2. The molecule has 19 heavy (non-hydrogen) atoms. The Morgan fingerprint density at radius 2 is 1.95 bits per heavy atom. The molecule has 2 rings (SSSR count). The number of nitrogens with zero attached hydrogens (tertiary/aromatic N) is 1. The molecular formula is C14H15N3O2. The molecule has 0 radical (unpaired) electrons. The van der Waals surface area contributed by atoms with Crippen LogP contribution in [0.3, 0.4) is 0 Å². The summed E-state index contributed by atoms with van der Waals surface area (Å²) in [7, 11) is 0. The first-order chi connectivity index (χ1) is 9.10. The largest absolute Gasteiger partial charge is 0.392 e. The lowest BCUT2D eigenvalue weighted by molar-refractivity contribution is 0.100. The van der Waals surface area contributed by atoms with Gasteiger partial charge in [-0.15, -0.1) is 0 Å². The van der Waals surface area contributed by atoms with Crippen LogP contribution < -0.4 is 11.5 Å². The molecule has 98 valence electrons. The van der Waals surface area contributed by atoms with Crippen LogP contribution in [0.15, 0.2) is 36.5 Å². The number of primary amides is 1. The number of rotatable bonds is 4. The quantitative estimate of drug-likeness (QED) is 0.755. The molecule has 0 saturated heterocycles. The second-order valence-corrected chi connectivity index (χ2v) is 4.30. The second kappa shape index (κ2) is 5.49. The smallest absolute Gasteiger partial charge is 0.252 e. The Hall–Kier alpha value is -2.40. The van der Waals surface area contributed by atoms with Crippen LogP contribution in [0.4, 0.5) is 5.82 Å². The van der Waals surface area contributed by atoms with Gasteiger partial charge in [-0.25, -0.2) is 4.98 Å². The summed E-state index contributed by atoms with van der Waals surface area (Å²) in [5.41, 5.74) is 13.8. The molecule has 5 heteroatoms. The number of nitrogens with two attached hydrogens (primary N) is 2. The van der Waals surface area contributed by atoms with Gasteiger partial charge in [-0.2, -0.15) is 0 Å². The molecule has 0 aliphatic rings. The van der Waals surface area contributed by atoms with E-state index in [2.05, 4.69) is 4.98 Å². The van der Waals surface area contributed by atoms with E-state index < -0.39 is 5.91 Å². The molecule has 1 aromatic heterocycles.